The molecule has 3 N–H and O–H groups in total. The Kier molecular flexibility index (Phi) is 8.19. The van der Waals surface area contributed by atoms with Gasteiger partial charge in [-0.3, -0.25) is 18.9 Å². The normalized spacial score (nSPS) is 42.6. The van der Waals surface area contributed by atoms with Crippen molar-refractivity contribution in [3.63, 3.8) is 0 Å². The molecule has 202 valence electrons. The standard InChI is InChI=1S/C25H33FO9S.Na.H/c1-14-10-18-17-5-4-15-11-16(27)6-8-22(15,2)24(17,26)19(28)12-23(18,3)25(14,31)20(29)13-35-21(30)7-9-36(32,33)34;;/h6,8,11,14,17-19,28,31H,4-5,7,9-10,12-13H2,1-3H3,(H,32,33,34);;/t14-,17+,18+,19+,22+,23+,24+,25+;;/m1../s1. The number of carbonyl (C=O) groups is 3. The number of rotatable bonds is 6. The summed E-state index contributed by atoms with van der Waals surface area (Å²) in [4.78, 5) is 37.1. The van der Waals surface area contributed by atoms with Gasteiger partial charge >= 0.3 is 35.5 Å². The molecule has 0 aromatic rings. The van der Waals surface area contributed by atoms with Crippen molar-refractivity contribution in [1.82, 2.24) is 0 Å². The van der Waals surface area contributed by atoms with Gasteiger partial charge in [0.2, 0.25) is 5.78 Å². The maximum absolute atomic E-state index is 17.1. The van der Waals surface area contributed by atoms with E-state index in [4.69, 9.17) is 9.29 Å². The van der Waals surface area contributed by atoms with Gasteiger partial charge in [0.1, 0.15) is 5.60 Å². The Hall–Kier alpha value is -0.950. The summed E-state index contributed by atoms with van der Waals surface area (Å²) in [7, 11) is -4.39. The molecule has 3 fully saturated rings. The van der Waals surface area contributed by atoms with Crippen LogP contribution in [0.15, 0.2) is 23.8 Å². The van der Waals surface area contributed by atoms with Crippen molar-refractivity contribution in [1.29, 1.82) is 0 Å². The molecule has 9 nitrogen and oxygen atoms in total. The Balaban J connectivity index is 0.00000380. The fourth-order valence-electron chi connectivity index (χ4n) is 7.68. The molecule has 4 rings (SSSR count). The van der Waals surface area contributed by atoms with E-state index in [1.807, 2.05) is 0 Å². The first kappa shape index (κ1) is 30.6. The molecule has 0 aliphatic heterocycles. The van der Waals surface area contributed by atoms with Crippen molar-refractivity contribution in [3.05, 3.63) is 23.8 Å². The number of hydrogen-bond acceptors (Lipinski definition) is 8. The van der Waals surface area contributed by atoms with E-state index < -0.39 is 86.6 Å². The SMILES string of the molecule is C[C@@H]1C[C@H]2[C@@H]3CCC4=CC(=O)C=C[C@]4(C)[C@@]3(F)[C@@H](O)C[C@]2(C)[C@@]1(O)C(=O)COC(=O)CCS(=O)(=O)O.[NaH]. The van der Waals surface area contributed by atoms with Gasteiger partial charge in [-0.1, -0.05) is 25.5 Å². The zero-order valence-electron chi connectivity index (χ0n) is 20.6. The summed E-state index contributed by atoms with van der Waals surface area (Å²) >= 11 is 0. The Morgan fingerprint density at radius 3 is 2.51 bits per heavy atom. The van der Waals surface area contributed by atoms with E-state index >= 15 is 4.39 Å². The molecule has 4 aliphatic carbocycles. The predicted molar refractivity (Wildman–Crippen MR) is 132 cm³/mol. The first-order valence-corrected chi connectivity index (χ1v) is 13.8. The number of fused-ring (bicyclic) bond motifs is 5. The molecule has 37 heavy (non-hydrogen) atoms. The van der Waals surface area contributed by atoms with Crippen LogP contribution in [-0.2, 0) is 29.2 Å². The third-order valence-electron chi connectivity index (χ3n) is 9.58. The summed E-state index contributed by atoms with van der Waals surface area (Å²) in [6.45, 7) is 4.20. The van der Waals surface area contributed by atoms with Gasteiger partial charge in [-0.25, -0.2) is 4.39 Å². The maximum atomic E-state index is 17.1. The number of hydrogen-bond donors (Lipinski definition) is 3. The summed E-state index contributed by atoms with van der Waals surface area (Å²) in [5.41, 5.74) is -5.89. The number of halogens is 1. The van der Waals surface area contributed by atoms with Crippen LogP contribution in [0.4, 0.5) is 4.39 Å². The zero-order chi connectivity index (χ0) is 26.9. The van der Waals surface area contributed by atoms with E-state index in [0.29, 0.717) is 24.8 Å². The van der Waals surface area contributed by atoms with Gasteiger partial charge in [0.25, 0.3) is 10.1 Å². The molecule has 0 aromatic heterocycles. The second kappa shape index (κ2) is 9.91. The van der Waals surface area contributed by atoms with Crippen LogP contribution in [-0.4, -0.2) is 100 Å². The second-order valence-electron chi connectivity index (χ2n) is 11.3. The molecule has 0 radical (unpaired) electrons. The summed E-state index contributed by atoms with van der Waals surface area (Å²) < 4.78 is 52.5. The van der Waals surface area contributed by atoms with Crippen LogP contribution in [0.25, 0.3) is 0 Å². The third kappa shape index (κ3) is 4.52. The third-order valence-corrected chi connectivity index (χ3v) is 10.3. The average molecular weight is 553 g/mol. The van der Waals surface area contributed by atoms with E-state index in [-0.39, 0.29) is 41.8 Å². The van der Waals surface area contributed by atoms with Gasteiger partial charge in [0.05, 0.1) is 18.3 Å². The number of ether oxygens (including phenoxy) is 1. The summed E-state index contributed by atoms with van der Waals surface area (Å²) in [5, 5.41) is 23.1. The monoisotopic (exact) mass is 552 g/mol. The van der Waals surface area contributed by atoms with Crippen molar-refractivity contribution in [2.75, 3.05) is 12.4 Å². The van der Waals surface area contributed by atoms with E-state index in [1.165, 1.54) is 18.2 Å². The van der Waals surface area contributed by atoms with Gasteiger partial charge in [-0.15, -0.1) is 0 Å². The molecule has 0 saturated heterocycles. The number of esters is 1. The summed E-state index contributed by atoms with van der Waals surface area (Å²) in [6.07, 6.45) is 3.01. The molecule has 3 saturated carbocycles. The Bertz CT molecular complexity index is 1170. The number of ketones is 2. The van der Waals surface area contributed by atoms with Crippen LogP contribution < -0.4 is 0 Å². The van der Waals surface area contributed by atoms with Crippen molar-refractivity contribution in [2.24, 2.45) is 28.6 Å². The molecule has 0 unspecified atom stereocenters. The van der Waals surface area contributed by atoms with E-state index in [2.05, 4.69) is 0 Å². The number of aliphatic hydroxyl groups excluding tert-OH is 1. The quantitative estimate of drug-likeness (QED) is 0.249. The number of alkyl halides is 1. The summed E-state index contributed by atoms with van der Waals surface area (Å²) in [5.74, 6) is -4.68. The van der Waals surface area contributed by atoms with Crippen LogP contribution in [0, 0.1) is 28.6 Å². The minimum absolute atomic E-state index is 0. The fourth-order valence-corrected chi connectivity index (χ4v) is 8.11. The van der Waals surface area contributed by atoms with Gasteiger partial charge < -0.3 is 14.9 Å². The first-order chi connectivity index (χ1) is 16.5. The van der Waals surface area contributed by atoms with E-state index in [0.717, 1.165) is 0 Å². The molecule has 0 heterocycles. The molecule has 12 heteroatoms. The molecule has 8 atom stereocenters. The second-order valence-corrected chi connectivity index (χ2v) is 12.9. The van der Waals surface area contributed by atoms with Crippen LogP contribution in [0.3, 0.4) is 0 Å². The summed E-state index contributed by atoms with van der Waals surface area (Å²) in [6, 6.07) is 0. The molecular weight excluding hydrogens is 518 g/mol. The van der Waals surface area contributed by atoms with Crippen molar-refractivity contribution < 1.29 is 46.7 Å². The first-order valence-electron chi connectivity index (χ1n) is 12.2. The number of carbonyl (C=O) groups excluding carboxylic acids is 3. The Morgan fingerprint density at radius 1 is 1.24 bits per heavy atom. The molecule has 0 spiro atoms. The van der Waals surface area contributed by atoms with Crippen molar-refractivity contribution in [3.8, 4) is 0 Å². The van der Waals surface area contributed by atoms with E-state index in [9.17, 15) is 33.0 Å². The number of allylic oxidation sites excluding steroid dienone is 4. The number of aliphatic hydroxyl groups is 2. The van der Waals surface area contributed by atoms with Crippen molar-refractivity contribution in [2.45, 2.75) is 70.2 Å². The predicted octanol–water partition coefficient (Wildman–Crippen LogP) is 1.08. The van der Waals surface area contributed by atoms with Gasteiger partial charge in [-0.05, 0) is 56.6 Å². The Morgan fingerprint density at radius 2 is 1.89 bits per heavy atom. The molecule has 0 aromatic carbocycles. The van der Waals surface area contributed by atoms with Crippen molar-refractivity contribution >= 4 is 57.2 Å². The van der Waals surface area contributed by atoms with Crippen LogP contribution in [0.2, 0.25) is 0 Å². The number of Topliss-reactive ketones (excluding diaryl/α,β-unsaturated/α-hetero) is 1. The van der Waals surface area contributed by atoms with Crippen LogP contribution in [0.5, 0.6) is 0 Å². The fraction of sp³-hybridized carbons (Fsp3) is 0.720. The van der Waals surface area contributed by atoms with Gasteiger partial charge in [0.15, 0.2) is 18.1 Å². The van der Waals surface area contributed by atoms with Crippen LogP contribution in [0.1, 0.15) is 52.9 Å². The molecule has 0 bridgehead atoms. The molecular formula is C25H34FNaO9S. The van der Waals surface area contributed by atoms with Gasteiger partial charge in [0, 0.05) is 16.7 Å². The molecule has 0 amide bonds. The Labute approximate surface area is 237 Å². The van der Waals surface area contributed by atoms with Gasteiger partial charge in [-0.2, -0.15) is 8.42 Å². The van der Waals surface area contributed by atoms with Crippen LogP contribution >= 0.6 is 0 Å². The van der Waals surface area contributed by atoms with E-state index in [1.54, 1.807) is 20.8 Å². The zero-order valence-corrected chi connectivity index (χ0v) is 21.4. The average Bonchev–Trinajstić information content (AvgIpc) is 2.98. The minimum atomic E-state index is -4.39. The topological polar surface area (TPSA) is 155 Å². The molecule has 4 aliphatic rings.